The Morgan fingerprint density at radius 1 is 0.392 bits per heavy atom. The van der Waals surface area contributed by atoms with Gasteiger partial charge in [0.15, 0.2) is 16.5 Å². The summed E-state index contributed by atoms with van der Waals surface area (Å²) in [5.41, 5.74) is 8.04. The van der Waals surface area contributed by atoms with Gasteiger partial charge in [0.25, 0.3) is 16.5 Å². The number of rotatable bonds is 15. The summed E-state index contributed by atoms with van der Waals surface area (Å²) in [6, 6.07) is 35.8. The lowest BCUT2D eigenvalue weighted by molar-refractivity contribution is 0.354. The van der Waals surface area contributed by atoms with Crippen LogP contribution in [0, 0.1) is 0 Å². The van der Waals surface area contributed by atoms with Gasteiger partial charge in [-0.25, -0.2) is 0 Å². The van der Waals surface area contributed by atoms with E-state index in [2.05, 4.69) is 284 Å². The molecule has 74 heavy (non-hydrogen) atoms. The van der Waals surface area contributed by atoms with Crippen molar-refractivity contribution in [3.8, 4) is 0 Å². The molecule has 0 aliphatic carbocycles. The van der Waals surface area contributed by atoms with E-state index in [9.17, 15) is 0 Å². The van der Waals surface area contributed by atoms with Crippen LogP contribution in [-0.2, 0) is 0 Å². The van der Waals surface area contributed by atoms with Gasteiger partial charge in [0.1, 0.15) is 11.7 Å². The summed E-state index contributed by atoms with van der Waals surface area (Å²) in [5, 5.41) is 0. The van der Waals surface area contributed by atoms with Crippen LogP contribution in [0.3, 0.4) is 0 Å². The molecule has 0 bridgehead atoms. The maximum atomic E-state index is 6.70. The maximum Gasteiger partial charge on any atom is 0.260 e. The van der Waals surface area contributed by atoms with Crippen LogP contribution in [0.5, 0.6) is 0 Å². The van der Waals surface area contributed by atoms with E-state index in [-0.39, 0.29) is 34.7 Å². The average Bonchev–Trinajstić information content (AvgIpc) is 3.24. The Kier molecular flexibility index (Phi) is 21.0. The molecule has 0 spiro atoms. The smallest absolute Gasteiger partial charge is 0.260 e. The molecule has 0 saturated carbocycles. The lowest BCUT2D eigenvalue weighted by atomic mass is 9.93. The Hall–Kier alpha value is -3.68. The molecule has 0 amide bonds. The second kappa shape index (κ2) is 24.8. The van der Waals surface area contributed by atoms with Crippen LogP contribution in [0.25, 0.3) is 0 Å². The number of aliphatic imine (C=N–C) groups is 2. The zero-order valence-corrected chi connectivity index (χ0v) is 57.1. The minimum Gasteiger partial charge on any atom is -0.348 e. The summed E-state index contributed by atoms with van der Waals surface area (Å²) in [6.07, 6.45) is 0. The second-order valence-electron chi connectivity index (χ2n) is 27.3. The van der Waals surface area contributed by atoms with Crippen molar-refractivity contribution in [3.05, 3.63) is 130 Å². The molecule has 0 aromatic heterocycles. The number of benzene rings is 4. The summed E-state index contributed by atoms with van der Waals surface area (Å²) >= 11 is 0. The molecular weight excluding hydrogens is 1000 g/mol. The van der Waals surface area contributed by atoms with Crippen molar-refractivity contribution in [2.75, 3.05) is 0 Å². The molecule has 0 radical (unpaired) electrons. The third-order valence-electron chi connectivity index (χ3n) is 11.8. The van der Waals surface area contributed by atoms with Gasteiger partial charge in [0.2, 0.25) is 15.2 Å². The van der Waals surface area contributed by atoms with E-state index in [0.29, 0.717) is 0 Å². The summed E-state index contributed by atoms with van der Waals surface area (Å²) in [6.45, 7) is 61.0. The van der Waals surface area contributed by atoms with Gasteiger partial charge < -0.3 is 17.7 Å². The van der Waals surface area contributed by atoms with E-state index in [1.807, 2.05) is 0 Å². The zero-order chi connectivity index (χ0) is 56.1. The molecule has 14 heteroatoms. The first-order chi connectivity index (χ1) is 33.8. The van der Waals surface area contributed by atoms with Gasteiger partial charge in [-0.15, -0.1) is 0 Å². The fourth-order valence-electron chi connectivity index (χ4n) is 8.74. The Morgan fingerprint density at radius 2 is 0.649 bits per heavy atom. The second-order valence-corrected chi connectivity index (χ2v) is 53.1. The standard InChI is InChI=1S/C60H98N8Si6/c1-43(2)49-39-33-40-50(44(3)4)53(49)63-71(69(65-73(21,22)23)67(59(15,16)17)55(61-57(9,10)11)47-35-29-27-30-36-47)72(64-54-51(45(5)6)41-34-42-52(54)46(7)8)70(66-74(24,25)26)68(60(18,19)20)56(62-58(12,13)14)48-37-31-28-32-38-48/h27-46H,1-26H3/b61-55?,62-56?,69-65-,70-66+,71-63?,72-64?. The molecular formula is C60H98N8Si6. The fraction of sp³-hybridized carbons (Fsp3) is 0.567. The van der Waals surface area contributed by atoms with Crippen LogP contribution in [0.15, 0.2) is 125 Å². The molecule has 0 N–H and O–H groups in total. The predicted octanol–water partition coefficient (Wildman–Crippen LogP) is 17.8. The molecule has 4 aromatic carbocycles. The third-order valence-corrected chi connectivity index (χ3v) is 42.8. The number of hydrogen-bond acceptors (Lipinski definition) is 6. The van der Waals surface area contributed by atoms with Crippen molar-refractivity contribution in [3.63, 3.8) is 0 Å². The first-order valence-corrected chi connectivity index (χ1v) is 42.9. The highest BCUT2D eigenvalue weighted by Crippen LogP contribution is 2.38. The lowest BCUT2D eigenvalue weighted by Crippen LogP contribution is -2.63. The van der Waals surface area contributed by atoms with E-state index < -0.39 is 59.3 Å². The molecule has 4 aromatic rings. The minimum atomic E-state index is -2.30. The molecule has 0 aliphatic heterocycles. The van der Waals surface area contributed by atoms with Crippen LogP contribution in [0.2, 0.25) is 39.3 Å². The molecule has 0 heterocycles. The van der Waals surface area contributed by atoms with Crippen LogP contribution in [0.4, 0.5) is 11.4 Å². The molecule has 0 atom stereocenters. The first kappa shape index (κ1) is 62.9. The van der Waals surface area contributed by atoms with E-state index in [1.165, 1.54) is 22.3 Å². The molecule has 0 aliphatic rings. The highest BCUT2D eigenvalue weighted by atomic mass is 29.8. The predicted molar refractivity (Wildman–Crippen MR) is 337 cm³/mol. The van der Waals surface area contributed by atoms with Gasteiger partial charge in [-0.05, 0) is 129 Å². The fourth-order valence-corrected chi connectivity index (χ4v) is 51.3. The van der Waals surface area contributed by atoms with E-state index >= 15 is 0 Å². The summed E-state index contributed by atoms with van der Waals surface area (Å²) in [7, 11) is -13.2. The highest BCUT2D eigenvalue weighted by Gasteiger charge is 2.45. The van der Waals surface area contributed by atoms with Gasteiger partial charge in [0.05, 0.1) is 22.5 Å². The van der Waals surface area contributed by atoms with Crippen molar-refractivity contribution in [1.29, 1.82) is 0 Å². The van der Waals surface area contributed by atoms with Gasteiger partial charge in [0, 0.05) is 22.2 Å². The Labute approximate surface area is 459 Å². The summed E-state index contributed by atoms with van der Waals surface area (Å²) in [4.78, 5) is 11.6. The Balaban J connectivity index is 2.70. The van der Waals surface area contributed by atoms with E-state index in [4.69, 9.17) is 27.9 Å². The van der Waals surface area contributed by atoms with Gasteiger partial charge in [-0.2, -0.15) is 0 Å². The SMILES string of the molecule is CC(C)c1cccc(C(C)C)c1N=[Si]([Si](=Nc1c(C(C)C)cccc1C(C)C)/[Si](=N/[Si](C)(C)C)N(C(=NC(C)(C)C)c1ccccc1)C(C)(C)C)/[Si](=N\[Si](C)(C)C)N(C(=NC(C)(C)C)c1ccccc1)C(C)(C)C. The highest BCUT2D eigenvalue weighted by molar-refractivity contribution is 7.54. The molecule has 402 valence electrons. The number of amidine groups is 2. The van der Waals surface area contributed by atoms with Crippen LogP contribution < -0.4 is 0 Å². The Morgan fingerprint density at radius 3 is 0.851 bits per heavy atom. The zero-order valence-electron chi connectivity index (χ0n) is 51.1. The van der Waals surface area contributed by atoms with Crippen molar-refractivity contribution in [1.82, 2.24) is 9.13 Å². The van der Waals surface area contributed by atoms with E-state index in [1.54, 1.807) is 0 Å². The molecule has 0 fully saturated rings. The quantitative estimate of drug-likeness (QED) is 0.0675. The van der Waals surface area contributed by atoms with Gasteiger partial charge in [-0.1, -0.05) is 192 Å². The lowest BCUT2D eigenvalue weighted by Gasteiger charge is -2.43. The maximum absolute atomic E-state index is 6.70. The largest absolute Gasteiger partial charge is 0.348 e. The monoisotopic (exact) mass is 1100 g/mol. The number of hydrogen-bond donors (Lipinski definition) is 0. The molecule has 0 unspecified atom stereocenters. The molecule has 0 saturated heterocycles. The van der Waals surface area contributed by atoms with Crippen molar-refractivity contribution >= 4 is 71.3 Å². The summed E-state index contributed by atoms with van der Waals surface area (Å²) < 4.78 is 31.8. The average molecular weight is 1100 g/mol. The normalized spacial score (nSPS) is 14.8. The van der Waals surface area contributed by atoms with Crippen molar-refractivity contribution in [2.24, 2.45) is 27.9 Å². The van der Waals surface area contributed by atoms with Crippen molar-refractivity contribution < 1.29 is 0 Å². The third kappa shape index (κ3) is 17.7. The van der Waals surface area contributed by atoms with Gasteiger partial charge >= 0.3 is 0 Å². The summed E-state index contributed by atoms with van der Waals surface area (Å²) in [5.74, 6) is 2.97. The van der Waals surface area contributed by atoms with Crippen LogP contribution >= 0.6 is 0 Å². The minimum absolute atomic E-state index is 0.245. The van der Waals surface area contributed by atoms with Crippen LogP contribution in [0.1, 0.15) is 196 Å². The topological polar surface area (TPSA) is 80.6 Å². The number of nitrogens with zero attached hydrogens (tertiary/aromatic N) is 8. The van der Waals surface area contributed by atoms with Crippen molar-refractivity contribution in [2.45, 2.75) is 224 Å². The Bertz CT molecular complexity index is 2490. The molecule has 4 rings (SSSR count). The molecule has 8 nitrogen and oxygen atoms in total. The van der Waals surface area contributed by atoms with Gasteiger partial charge in [-0.3, -0.25) is 19.3 Å². The first-order valence-electron chi connectivity index (χ1n) is 27.4. The van der Waals surface area contributed by atoms with E-state index in [0.717, 1.165) is 34.2 Å². The van der Waals surface area contributed by atoms with Crippen LogP contribution in [-0.4, -0.2) is 91.2 Å².